The second-order valence-corrected chi connectivity index (χ2v) is 9.94. The maximum atomic E-state index is 12.9. The van der Waals surface area contributed by atoms with Crippen LogP contribution in [0.5, 0.6) is 0 Å². The van der Waals surface area contributed by atoms with Gasteiger partial charge in [-0.1, -0.05) is 45.7 Å². The van der Waals surface area contributed by atoms with Gasteiger partial charge in [0, 0.05) is 26.1 Å². The molecule has 0 N–H and O–H groups in total. The van der Waals surface area contributed by atoms with E-state index >= 15 is 0 Å². The van der Waals surface area contributed by atoms with Gasteiger partial charge in [-0.2, -0.15) is 0 Å². The Morgan fingerprint density at radius 3 is 2.62 bits per heavy atom. The Labute approximate surface area is 173 Å². The molecule has 8 heteroatoms. The Hall–Kier alpha value is -1.93. The molecule has 0 aromatic heterocycles. The zero-order chi connectivity index (χ0) is 21.2. The predicted molar refractivity (Wildman–Crippen MR) is 109 cm³/mol. The average molecular weight is 423 g/mol. The molecule has 7 nitrogen and oxygen atoms in total. The summed E-state index contributed by atoms with van der Waals surface area (Å²) in [5.41, 5.74) is 0.172. The Morgan fingerprint density at radius 2 is 1.97 bits per heavy atom. The van der Waals surface area contributed by atoms with Gasteiger partial charge >= 0.3 is 0 Å². The fraction of sp³-hybridized carbons (Fsp3) is 0.619. The van der Waals surface area contributed by atoms with Gasteiger partial charge in [-0.25, -0.2) is 12.7 Å². The minimum atomic E-state index is -3.88. The van der Waals surface area contributed by atoms with Crippen LogP contribution < -0.4 is 0 Å². The number of amides is 2. The molecule has 0 unspecified atom stereocenters. The van der Waals surface area contributed by atoms with Crippen molar-refractivity contribution in [1.29, 1.82) is 0 Å². The van der Waals surface area contributed by atoms with Crippen molar-refractivity contribution >= 4 is 21.8 Å². The molecule has 0 bridgehead atoms. The molecule has 160 valence electrons. The van der Waals surface area contributed by atoms with Crippen LogP contribution in [0.3, 0.4) is 0 Å². The van der Waals surface area contributed by atoms with Crippen molar-refractivity contribution in [2.45, 2.75) is 63.6 Å². The molecule has 2 aliphatic rings. The van der Waals surface area contributed by atoms with Crippen LogP contribution in [0.4, 0.5) is 0 Å². The first-order chi connectivity index (χ1) is 13.8. The molecule has 2 atom stereocenters. The number of fused-ring (bicyclic) bond motifs is 1. The molecule has 2 heterocycles. The third kappa shape index (κ3) is 4.48. The largest absolute Gasteiger partial charge is 0.371 e. The number of hydrogen-bond donors (Lipinski definition) is 0. The fourth-order valence-electron chi connectivity index (χ4n) is 3.84. The van der Waals surface area contributed by atoms with E-state index in [0.29, 0.717) is 13.1 Å². The molecular formula is C21H30N2O5S. The zero-order valence-corrected chi connectivity index (χ0v) is 18.2. The highest BCUT2D eigenvalue weighted by atomic mass is 32.2. The first-order valence-electron chi connectivity index (χ1n) is 10.3. The van der Waals surface area contributed by atoms with Gasteiger partial charge in [0.1, 0.15) is 4.90 Å². The van der Waals surface area contributed by atoms with E-state index in [1.807, 2.05) is 0 Å². The fourth-order valence-corrected chi connectivity index (χ4v) is 5.41. The maximum absolute atomic E-state index is 12.9. The number of morpholine rings is 1. The summed E-state index contributed by atoms with van der Waals surface area (Å²) in [6.07, 6.45) is 2.95. The average Bonchev–Trinajstić information content (AvgIpc) is 2.90. The first-order valence-corrected chi connectivity index (χ1v) is 11.8. The summed E-state index contributed by atoms with van der Waals surface area (Å²) in [5, 5.41) is 0. The predicted octanol–water partition coefficient (Wildman–Crippen LogP) is 2.66. The van der Waals surface area contributed by atoms with Crippen LogP contribution in [0.2, 0.25) is 0 Å². The summed E-state index contributed by atoms with van der Waals surface area (Å²) in [5.74, 6) is -0.416. The molecule has 1 aromatic rings. The van der Waals surface area contributed by atoms with Crippen molar-refractivity contribution < 1.29 is 22.7 Å². The van der Waals surface area contributed by atoms with E-state index < -0.39 is 15.9 Å². The summed E-state index contributed by atoms with van der Waals surface area (Å²) in [4.78, 5) is 27.2. The highest BCUT2D eigenvalue weighted by molar-refractivity contribution is 7.90. The Kier molecular flexibility index (Phi) is 6.63. The number of nitrogens with zero attached hydrogens (tertiary/aromatic N) is 2. The van der Waals surface area contributed by atoms with Gasteiger partial charge in [-0.05, 0) is 24.5 Å². The molecule has 1 aromatic carbocycles. The van der Waals surface area contributed by atoms with Crippen molar-refractivity contribution in [2.24, 2.45) is 5.92 Å². The van der Waals surface area contributed by atoms with Gasteiger partial charge in [0.15, 0.2) is 0 Å². The summed E-state index contributed by atoms with van der Waals surface area (Å²) in [7, 11) is -3.88. The van der Waals surface area contributed by atoms with E-state index in [9.17, 15) is 18.0 Å². The van der Waals surface area contributed by atoms with Gasteiger partial charge in [-0.15, -0.1) is 0 Å². The molecule has 3 rings (SSSR count). The van der Waals surface area contributed by atoms with Crippen LogP contribution in [0, 0.1) is 5.92 Å². The Bertz CT molecular complexity index is 868. The molecule has 1 saturated heterocycles. The van der Waals surface area contributed by atoms with Crippen LogP contribution in [0.25, 0.3) is 0 Å². The van der Waals surface area contributed by atoms with E-state index in [1.54, 1.807) is 17.0 Å². The number of hydrogen-bond acceptors (Lipinski definition) is 5. The quantitative estimate of drug-likeness (QED) is 0.675. The lowest BCUT2D eigenvalue weighted by Gasteiger charge is -2.40. The van der Waals surface area contributed by atoms with Gasteiger partial charge in [-0.3, -0.25) is 9.59 Å². The zero-order valence-electron chi connectivity index (χ0n) is 17.3. The second-order valence-electron chi connectivity index (χ2n) is 8.11. The number of carbonyl (C=O) groups is 2. The minimum absolute atomic E-state index is 0.00135. The molecule has 1 fully saturated rings. The van der Waals surface area contributed by atoms with Crippen LogP contribution in [-0.4, -0.2) is 61.3 Å². The highest BCUT2D eigenvalue weighted by Crippen LogP contribution is 2.30. The Balaban J connectivity index is 1.66. The van der Waals surface area contributed by atoms with Gasteiger partial charge in [0.25, 0.3) is 15.9 Å². The molecule has 0 spiro atoms. The lowest BCUT2D eigenvalue weighted by atomic mass is 10.0. The standard InChI is InChI=1S/C21H30N2O5S/c1-4-5-8-16-13-22(14-18(28-16)15(2)3)20(24)11-12-23-21(25)17-9-6-7-10-19(17)29(23,26)27/h6-7,9-10,15-16,18H,4-5,8,11-14H2,1-3H3/t16-,18-/m1/s1. The maximum Gasteiger partial charge on any atom is 0.269 e. The third-order valence-electron chi connectivity index (χ3n) is 5.61. The van der Waals surface area contributed by atoms with Crippen LogP contribution in [0.15, 0.2) is 29.2 Å². The molecule has 0 radical (unpaired) electrons. The minimum Gasteiger partial charge on any atom is -0.371 e. The van der Waals surface area contributed by atoms with Crippen molar-refractivity contribution in [3.05, 3.63) is 29.8 Å². The molecule has 0 saturated carbocycles. The lowest BCUT2D eigenvalue weighted by molar-refractivity contribution is -0.150. The molecule has 2 aliphatic heterocycles. The molecule has 2 amide bonds. The van der Waals surface area contributed by atoms with Gasteiger partial charge < -0.3 is 9.64 Å². The monoisotopic (exact) mass is 422 g/mol. The first kappa shape index (κ1) is 21.8. The van der Waals surface area contributed by atoms with Crippen LogP contribution >= 0.6 is 0 Å². The number of ether oxygens (including phenoxy) is 1. The number of carbonyl (C=O) groups excluding carboxylic acids is 2. The lowest BCUT2D eigenvalue weighted by Crippen LogP contribution is -2.52. The van der Waals surface area contributed by atoms with Gasteiger partial charge in [0.2, 0.25) is 5.91 Å². The number of sulfonamides is 1. The summed E-state index contributed by atoms with van der Waals surface area (Å²) < 4.78 is 32.3. The molecule has 29 heavy (non-hydrogen) atoms. The molecular weight excluding hydrogens is 392 g/mol. The van der Waals surface area contributed by atoms with E-state index in [2.05, 4.69) is 20.8 Å². The van der Waals surface area contributed by atoms with Crippen molar-refractivity contribution in [1.82, 2.24) is 9.21 Å². The van der Waals surface area contributed by atoms with E-state index in [-0.39, 0.29) is 47.5 Å². The summed E-state index contributed by atoms with van der Waals surface area (Å²) in [6.45, 7) is 7.14. The second kappa shape index (κ2) is 8.83. The topological polar surface area (TPSA) is 84.0 Å². The van der Waals surface area contributed by atoms with Crippen LogP contribution in [-0.2, 0) is 19.6 Å². The van der Waals surface area contributed by atoms with E-state index in [1.165, 1.54) is 12.1 Å². The summed E-state index contributed by atoms with van der Waals surface area (Å²) >= 11 is 0. The number of benzene rings is 1. The number of unbranched alkanes of at least 4 members (excludes halogenated alkanes) is 1. The van der Waals surface area contributed by atoms with Crippen molar-refractivity contribution in [3.8, 4) is 0 Å². The van der Waals surface area contributed by atoms with Gasteiger partial charge in [0.05, 0.1) is 17.8 Å². The molecule has 0 aliphatic carbocycles. The third-order valence-corrected chi connectivity index (χ3v) is 7.45. The van der Waals surface area contributed by atoms with Crippen molar-refractivity contribution in [3.63, 3.8) is 0 Å². The Morgan fingerprint density at radius 1 is 1.24 bits per heavy atom. The highest BCUT2D eigenvalue weighted by Gasteiger charge is 2.41. The normalized spacial score (nSPS) is 23.5. The van der Waals surface area contributed by atoms with E-state index in [4.69, 9.17) is 4.74 Å². The van der Waals surface area contributed by atoms with Crippen molar-refractivity contribution in [2.75, 3.05) is 19.6 Å². The van der Waals surface area contributed by atoms with Crippen LogP contribution in [0.1, 0.15) is 56.8 Å². The summed E-state index contributed by atoms with van der Waals surface area (Å²) in [6, 6.07) is 6.16. The van der Waals surface area contributed by atoms with E-state index in [0.717, 1.165) is 23.6 Å². The number of rotatable bonds is 7. The SMILES string of the molecule is CCCC[C@@H]1CN(C(=O)CCN2C(=O)c3ccccc3S2(=O)=O)C[C@H](C(C)C)O1. The smallest absolute Gasteiger partial charge is 0.269 e.